The molecule has 0 spiro atoms. The van der Waals surface area contributed by atoms with Gasteiger partial charge in [0.1, 0.15) is 36.6 Å². The van der Waals surface area contributed by atoms with E-state index in [-0.39, 0.29) is 72.7 Å². The van der Waals surface area contributed by atoms with Crippen molar-refractivity contribution < 1.29 is 55.2 Å². The number of allylic oxidation sites excluding steroid dienone is 3. The van der Waals surface area contributed by atoms with Gasteiger partial charge in [-0.3, -0.25) is 34.5 Å². The monoisotopic (exact) mass is 1300 g/mol. The average molecular weight is 1300 g/mol. The first-order valence-electron chi connectivity index (χ1n) is 22.2. The van der Waals surface area contributed by atoms with E-state index in [0.717, 1.165) is 17.4 Å². The quantitative estimate of drug-likeness (QED) is 0.0297. The molecular weight excluding hydrogens is 1230 g/mol. The number of sulfonamides is 2. The van der Waals surface area contributed by atoms with Crippen molar-refractivity contribution in [3.05, 3.63) is 107 Å². The lowest BCUT2D eigenvalue weighted by Gasteiger charge is -2.35. The molecule has 1 atom stereocenters. The molecule has 406 valence electrons. The zero-order chi connectivity index (χ0) is 55.6. The minimum Gasteiger partial charge on any atom is -0.444 e. The van der Waals surface area contributed by atoms with Gasteiger partial charge in [0, 0.05) is 24.2 Å². The standard InChI is InChI=1S/C28H41IN6O8S.C17H21IN6O5S/c1-18-9-14-22(34-44(39,40)21-12-10-20(29)11-13-21)19(2)35(18)17-23(36)30-15-16-41-33-24(31-25(37)42-27(3,4)5)32-26(38)43-28(6,7)8;1-11-2-7-14(23-30(27,28)13-5-3-12(18)4-6-13)16(26)24(11)10-15(25)21-8-9-29-22-17(19)20/h9-14,19,34H,15-17H2,1-8H3,(H,30,36)(H2,31,32,33,37,38);2-7,23H,8-10H2,1H3,(H,21,25)(H4,19,20,22). The van der Waals surface area contributed by atoms with Crippen LogP contribution in [0.15, 0.2) is 109 Å². The van der Waals surface area contributed by atoms with Crippen LogP contribution in [0.5, 0.6) is 0 Å². The van der Waals surface area contributed by atoms with Crippen LogP contribution in [-0.4, -0.2) is 112 Å². The van der Waals surface area contributed by atoms with Gasteiger partial charge in [0.15, 0.2) is 0 Å². The van der Waals surface area contributed by atoms with E-state index < -0.39 is 60.9 Å². The number of anilines is 1. The number of nitrogens with two attached hydrogens (primary N) is 2. The van der Waals surface area contributed by atoms with E-state index in [2.05, 4.69) is 86.2 Å². The van der Waals surface area contributed by atoms with Crippen LogP contribution in [0.3, 0.4) is 0 Å². The van der Waals surface area contributed by atoms with Gasteiger partial charge in [-0.25, -0.2) is 26.4 Å². The van der Waals surface area contributed by atoms with Crippen molar-refractivity contribution in [2.75, 3.05) is 37.6 Å². The predicted molar refractivity (Wildman–Crippen MR) is 293 cm³/mol. The summed E-state index contributed by atoms with van der Waals surface area (Å²) >= 11 is 4.16. The summed E-state index contributed by atoms with van der Waals surface area (Å²) in [5.41, 5.74) is 9.48. The van der Waals surface area contributed by atoms with Gasteiger partial charge in [0.05, 0.1) is 35.5 Å². The highest BCUT2D eigenvalue weighted by Crippen LogP contribution is 2.23. The minimum atomic E-state index is -3.95. The van der Waals surface area contributed by atoms with Gasteiger partial charge in [-0.15, -0.1) is 0 Å². The highest BCUT2D eigenvalue weighted by molar-refractivity contribution is 14.1. The molecule has 4 rings (SSSR count). The Morgan fingerprint density at radius 2 is 1.14 bits per heavy atom. The van der Waals surface area contributed by atoms with Crippen molar-refractivity contribution in [1.29, 1.82) is 0 Å². The van der Waals surface area contributed by atoms with Crippen molar-refractivity contribution in [2.24, 2.45) is 21.8 Å². The molecule has 0 fully saturated rings. The summed E-state index contributed by atoms with van der Waals surface area (Å²) in [6.45, 7) is 15.0. The molecule has 25 nitrogen and oxygen atoms in total. The highest BCUT2D eigenvalue weighted by Gasteiger charge is 2.28. The van der Waals surface area contributed by atoms with Gasteiger partial charge in [-0.05, 0) is 191 Å². The summed E-state index contributed by atoms with van der Waals surface area (Å²) in [4.78, 5) is 73.7. The number of ether oxygens (including phenoxy) is 2. The summed E-state index contributed by atoms with van der Waals surface area (Å²) in [7, 11) is -7.77. The van der Waals surface area contributed by atoms with Crippen LogP contribution < -0.4 is 47.7 Å². The minimum absolute atomic E-state index is 0.0213. The topological polar surface area (TPSA) is 348 Å². The number of halogens is 2. The normalized spacial score (nSPS) is 13.4. The number of aryl methyl sites for hydroxylation is 1. The van der Waals surface area contributed by atoms with Crippen LogP contribution in [0.25, 0.3) is 0 Å². The zero-order valence-electron chi connectivity index (χ0n) is 42.1. The number of alkyl carbamates (subject to hydrolysis) is 2. The van der Waals surface area contributed by atoms with Crippen LogP contribution in [-0.2, 0) is 55.3 Å². The van der Waals surface area contributed by atoms with Crippen LogP contribution >= 0.6 is 45.2 Å². The fraction of sp³-hybridized carbons (Fsp3) is 0.400. The van der Waals surface area contributed by atoms with E-state index in [9.17, 15) is 40.8 Å². The molecule has 3 aromatic rings. The van der Waals surface area contributed by atoms with E-state index in [1.54, 1.807) is 103 Å². The lowest BCUT2D eigenvalue weighted by molar-refractivity contribution is -0.123. The molecule has 29 heteroatoms. The van der Waals surface area contributed by atoms with Crippen molar-refractivity contribution in [3.63, 3.8) is 0 Å². The summed E-state index contributed by atoms with van der Waals surface area (Å²) in [5.74, 6) is -1.42. The predicted octanol–water partition coefficient (Wildman–Crippen LogP) is 3.40. The zero-order valence-corrected chi connectivity index (χ0v) is 48.0. The second-order valence-electron chi connectivity index (χ2n) is 17.7. The number of pyridine rings is 1. The molecule has 1 unspecified atom stereocenters. The average Bonchev–Trinajstić information content (AvgIpc) is 3.27. The van der Waals surface area contributed by atoms with Gasteiger partial charge in [-0.1, -0.05) is 0 Å². The Morgan fingerprint density at radius 3 is 1.61 bits per heavy atom. The number of hydrogen-bond donors (Lipinski definition) is 8. The Kier molecular flexibility index (Phi) is 23.3. The summed E-state index contributed by atoms with van der Waals surface area (Å²) in [5, 5.41) is 16.8. The molecule has 0 radical (unpaired) electrons. The number of rotatable bonds is 18. The number of aromatic nitrogens is 1. The van der Waals surface area contributed by atoms with Gasteiger partial charge in [-0.2, -0.15) is 0 Å². The van der Waals surface area contributed by atoms with Gasteiger partial charge >= 0.3 is 12.2 Å². The summed E-state index contributed by atoms with van der Waals surface area (Å²) < 4.78 is 69.1. The molecule has 10 N–H and O–H groups in total. The second kappa shape index (κ2) is 27.8. The van der Waals surface area contributed by atoms with Crippen molar-refractivity contribution in [3.8, 4) is 0 Å². The summed E-state index contributed by atoms with van der Waals surface area (Å²) in [6, 6.07) is 15.1. The molecular formula is C45H62I2N12O13S2. The van der Waals surface area contributed by atoms with Crippen molar-refractivity contribution in [2.45, 2.75) is 95.9 Å². The molecule has 0 bridgehead atoms. The SMILES string of the molecule is CC1=CC=C(NS(=O)(=O)c2ccc(I)cc2)C(C)N1CC(=O)NCCON=C(NC(=O)OC(C)(C)C)NC(=O)OC(C)(C)C.Cc1ccc(NS(=O)(=O)c2ccc(I)cc2)c(=O)n1CC(=O)NCCON=C(N)N. The number of carbonyl (C=O) groups excluding carboxylic acids is 4. The first kappa shape index (κ1) is 61.9. The molecule has 1 aromatic heterocycles. The Balaban J connectivity index is 0.000000419. The number of nitrogens with zero attached hydrogens (tertiary/aromatic N) is 4. The maximum absolute atomic E-state index is 12.9. The molecule has 4 amide bonds. The van der Waals surface area contributed by atoms with Crippen molar-refractivity contribution >= 4 is 107 Å². The van der Waals surface area contributed by atoms with Crippen LogP contribution in [0.2, 0.25) is 0 Å². The third kappa shape index (κ3) is 22.0. The van der Waals surface area contributed by atoms with E-state index in [0.29, 0.717) is 11.4 Å². The fourth-order valence-electron chi connectivity index (χ4n) is 5.88. The Morgan fingerprint density at radius 1 is 0.676 bits per heavy atom. The van der Waals surface area contributed by atoms with E-state index in [1.807, 2.05) is 6.92 Å². The maximum atomic E-state index is 12.9. The van der Waals surface area contributed by atoms with E-state index >= 15 is 0 Å². The number of carbonyl (C=O) groups is 4. The lowest BCUT2D eigenvalue weighted by Crippen LogP contribution is -2.47. The molecule has 2 aromatic carbocycles. The van der Waals surface area contributed by atoms with Crippen molar-refractivity contribution in [1.82, 2.24) is 35.5 Å². The second-order valence-corrected chi connectivity index (χ2v) is 23.6. The summed E-state index contributed by atoms with van der Waals surface area (Å²) in [6.07, 6.45) is 1.65. The largest absolute Gasteiger partial charge is 0.444 e. The Labute approximate surface area is 457 Å². The third-order valence-corrected chi connectivity index (χ3v) is 13.4. The van der Waals surface area contributed by atoms with Gasteiger partial charge in [0.25, 0.3) is 31.6 Å². The number of nitrogens with one attached hydrogen (secondary N) is 6. The molecule has 0 saturated heterocycles. The molecule has 1 aliphatic rings. The highest BCUT2D eigenvalue weighted by atomic mass is 127. The lowest BCUT2D eigenvalue weighted by atomic mass is 10.1. The third-order valence-electron chi connectivity index (χ3n) is 9.22. The first-order valence-corrected chi connectivity index (χ1v) is 27.3. The number of guanidine groups is 2. The van der Waals surface area contributed by atoms with Gasteiger partial charge in [0.2, 0.25) is 17.8 Å². The maximum Gasteiger partial charge on any atom is 0.414 e. The molecule has 1 aliphatic heterocycles. The number of benzene rings is 2. The molecule has 74 heavy (non-hydrogen) atoms. The number of amides is 4. The Bertz CT molecular complexity index is 2850. The molecule has 2 heterocycles. The smallest absolute Gasteiger partial charge is 0.414 e. The van der Waals surface area contributed by atoms with Crippen LogP contribution in [0.4, 0.5) is 15.3 Å². The first-order chi connectivity index (χ1) is 34.4. The number of oxime groups is 2. The van der Waals surface area contributed by atoms with Gasteiger partial charge < -0.3 is 50.7 Å². The van der Waals surface area contributed by atoms with E-state index in [1.165, 1.54) is 30.3 Å². The van der Waals surface area contributed by atoms with Crippen LogP contribution in [0, 0.1) is 14.1 Å². The Hall–Kier alpha value is -6.35. The fourth-order valence-corrected chi connectivity index (χ4v) is 8.82. The number of hydrogen-bond acceptors (Lipinski definition) is 16. The van der Waals surface area contributed by atoms with E-state index in [4.69, 9.17) is 30.6 Å². The molecule has 0 saturated carbocycles. The molecule has 0 aliphatic carbocycles. The van der Waals surface area contributed by atoms with Crippen LogP contribution in [0.1, 0.15) is 61.1 Å².